The van der Waals surface area contributed by atoms with Crippen LogP contribution in [0.1, 0.15) is 22.6 Å². The van der Waals surface area contributed by atoms with Crippen molar-refractivity contribution < 1.29 is 9.53 Å². The Labute approximate surface area is 157 Å². The van der Waals surface area contributed by atoms with E-state index in [1.165, 1.54) is 11.5 Å². The first-order valence-electron chi connectivity index (χ1n) is 8.89. The van der Waals surface area contributed by atoms with Gasteiger partial charge in [-0.05, 0) is 37.1 Å². The van der Waals surface area contributed by atoms with Crippen molar-refractivity contribution in [3.05, 3.63) is 41.2 Å². The summed E-state index contributed by atoms with van der Waals surface area (Å²) in [5.41, 5.74) is 1.52. The van der Waals surface area contributed by atoms with Gasteiger partial charge in [-0.3, -0.25) is 9.78 Å². The lowest BCUT2D eigenvalue weighted by atomic mass is 9.77. The standard InChI is InChI=1S/C18H23N5O2S/c1-22-8-14(9-25-10-15-4-2-3-6-19-15)18(12-22)5-7-23(13-18)17(24)16-11-26-21-20-16/h2-4,6,11,14H,5,7-10,12-13H2,1H3/t14-,18-/m1/s1. The highest BCUT2D eigenvalue weighted by molar-refractivity contribution is 7.03. The van der Waals surface area contributed by atoms with E-state index in [1.807, 2.05) is 23.1 Å². The number of carbonyl (C=O) groups excluding carboxylic acids is 1. The molecule has 1 spiro atoms. The zero-order valence-corrected chi connectivity index (χ0v) is 15.7. The average molecular weight is 373 g/mol. The molecule has 2 aliphatic heterocycles. The molecule has 7 nitrogen and oxygen atoms in total. The Morgan fingerprint density at radius 3 is 3.12 bits per heavy atom. The van der Waals surface area contributed by atoms with E-state index in [0.29, 0.717) is 24.8 Å². The molecule has 2 aromatic heterocycles. The Balaban J connectivity index is 1.39. The second kappa shape index (κ2) is 7.38. The number of rotatable bonds is 5. The largest absolute Gasteiger partial charge is 0.375 e. The van der Waals surface area contributed by atoms with Crippen LogP contribution in [0, 0.1) is 11.3 Å². The molecule has 8 heteroatoms. The Morgan fingerprint density at radius 2 is 2.35 bits per heavy atom. The lowest BCUT2D eigenvalue weighted by Gasteiger charge is -2.30. The van der Waals surface area contributed by atoms with E-state index in [-0.39, 0.29) is 11.3 Å². The van der Waals surface area contributed by atoms with Gasteiger partial charge in [0.1, 0.15) is 0 Å². The molecule has 0 N–H and O–H groups in total. The number of aromatic nitrogens is 3. The molecule has 4 rings (SSSR count). The van der Waals surface area contributed by atoms with Crippen molar-refractivity contribution in [2.24, 2.45) is 11.3 Å². The molecule has 2 aromatic rings. The van der Waals surface area contributed by atoms with Gasteiger partial charge in [0.2, 0.25) is 0 Å². The topological polar surface area (TPSA) is 71.5 Å². The monoisotopic (exact) mass is 373 g/mol. The summed E-state index contributed by atoms with van der Waals surface area (Å²) in [6.45, 7) is 4.78. The molecule has 2 saturated heterocycles. The van der Waals surface area contributed by atoms with Gasteiger partial charge in [-0.2, -0.15) is 0 Å². The summed E-state index contributed by atoms with van der Waals surface area (Å²) >= 11 is 1.22. The van der Waals surface area contributed by atoms with Gasteiger partial charge in [-0.25, -0.2) is 0 Å². The van der Waals surface area contributed by atoms with Gasteiger partial charge in [0.25, 0.3) is 5.91 Å². The number of pyridine rings is 1. The maximum atomic E-state index is 12.6. The first-order chi connectivity index (χ1) is 12.7. The molecule has 2 aliphatic rings. The summed E-state index contributed by atoms with van der Waals surface area (Å²) in [7, 11) is 2.15. The fourth-order valence-electron chi connectivity index (χ4n) is 4.27. The Bertz CT molecular complexity index is 741. The summed E-state index contributed by atoms with van der Waals surface area (Å²) in [5.74, 6) is 0.418. The third-order valence-corrected chi connectivity index (χ3v) is 6.03. The van der Waals surface area contributed by atoms with E-state index < -0.39 is 0 Å². The van der Waals surface area contributed by atoms with Crippen LogP contribution in [0.4, 0.5) is 0 Å². The number of likely N-dealkylation sites (tertiary alicyclic amines) is 2. The zero-order chi connectivity index (χ0) is 18.0. The first-order valence-corrected chi connectivity index (χ1v) is 9.72. The highest BCUT2D eigenvalue weighted by atomic mass is 32.1. The molecule has 4 heterocycles. The maximum Gasteiger partial charge on any atom is 0.275 e. The third-order valence-electron chi connectivity index (χ3n) is 5.53. The number of hydrogen-bond donors (Lipinski definition) is 0. The number of carbonyl (C=O) groups is 1. The maximum absolute atomic E-state index is 12.6. The second-order valence-corrected chi connectivity index (χ2v) is 7.97. The van der Waals surface area contributed by atoms with Crippen LogP contribution in [0.25, 0.3) is 0 Å². The second-order valence-electron chi connectivity index (χ2n) is 7.36. The molecule has 0 bridgehead atoms. The van der Waals surface area contributed by atoms with Crippen molar-refractivity contribution >= 4 is 17.4 Å². The third kappa shape index (κ3) is 3.49. The summed E-state index contributed by atoms with van der Waals surface area (Å²) < 4.78 is 9.80. The average Bonchev–Trinajstić information content (AvgIpc) is 3.37. The Kier molecular flexibility index (Phi) is 4.97. The first kappa shape index (κ1) is 17.5. The number of nitrogens with zero attached hydrogens (tertiary/aromatic N) is 5. The number of hydrogen-bond acceptors (Lipinski definition) is 7. The normalized spacial score (nSPS) is 26.0. The fraction of sp³-hybridized carbons (Fsp3) is 0.556. The molecule has 0 aliphatic carbocycles. The number of ether oxygens (including phenoxy) is 1. The van der Waals surface area contributed by atoms with E-state index in [4.69, 9.17) is 4.74 Å². The van der Waals surface area contributed by atoms with E-state index in [1.54, 1.807) is 11.6 Å². The predicted molar refractivity (Wildman–Crippen MR) is 97.7 cm³/mol. The van der Waals surface area contributed by atoms with Crippen LogP contribution in [-0.4, -0.2) is 70.1 Å². The molecule has 0 radical (unpaired) electrons. The van der Waals surface area contributed by atoms with Crippen LogP contribution in [-0.2, 0) is 11.3 Å². The minimum absolute atomic E-state index is 0.00154. The molecule has 2 atom stereocenters. The van der Waals surface area contributed by atoms with Gasteiger partial charge >= 0.3 is 0 Å². The van der Waals surface area contributed by atoms with Crippen molar-refractivity contribution in [3.8, 4) is 0 Å². The minimum Gasteiger partial charge on any atom is -0.375 e. The lowest BCUT2D eigenvalue weighted by molar-refractivity contribution is 0.0482. The minimum atomic E-state index is -0.00154. The zero-order valence-electron chi connectivity index (χ0n) is 14.9. The summed E-state index contributed by atoms with van der Waals surface area (Å²) in [5, 5.41) is 5.65. The SMILES string of the molecule is CN1C[C@H](COCc2ccccn2)[C@]2(CCN(C(=O)c3csnn3)C2)C1. The molecule has 0 saturated carbocycles. The van der Waals surface area contributed by atoms with E-state index >= 15 is 0 Å². The van der Waals surface area contributed by atoms with Gasteiger partial charge in [0.05, 0.1) is 18.9 Å². The summed E-state index contributed by atoms with van der Waals surface area (Å²) in [4.78, 5) is 21.2. The number of amides is 1. The smallest absolute Gasteiger partial charge is 0.275 e. The fourth-order valence-corrected chi connectivity index (χ4v) is 4.70. The quantitative estimate of drug-likeness (QED) is 0.792. The Hall–Kier alpha value is -1.90. The van der Waals surface area contributed by atoms with E-state index in [0.717, 1.165) is 38.3 Å². The summed E-state index contributed by atoms with van der Waals surface area (Å²) in [6.07, 6.45) is 2.80. The predicted octanol–water partition coefficient (Wildman–Crippen LogP) is 1.54. The van der Waals surface area contributed by atoms with Gasteiger partial charge in [0.15, 0.2) is 5.69 Å². The van der Waals surface area contributed by atoms with Gasteiger partial charge < -0.3 is 14.5 Å². The summed E-state index contributed by atoms with van der Waals surface area (Å²) in [6, 6.07) is 5.87. The lowest BCUT2D eigenvalue weighted by Crippen LogP contribution is -2.38. The highest BCUT2D eigenvalue weighted by Crippen LogP contribution is 2.43. The van der Waals surface area contributed by atoms with Crippen molar-refractivity contribution in [2.45, 2.75) is 13.0 Å². The van der Waals surface area contributed by atoms with E-state index in [9.17, 15) is 4.79 Å². The Morgan fingerprint density at radius 1 is 1.42 bits per heavy atom. The van der Waals surface area contributed by atoms with Crippen LogP contribution in [0.5, 0.6) is 0 Å². The van der Waals surface area contributed by atoms with Crippen molar-refractivity contribution in [1.29, 1.82) is 0 Å². The van der Waals surface area contributed by atoms with Gasteiger partial charge in [-0.1, -0.05) is 10.6 Å². The highest BCUT2D eigenvalue weighted by Gasteiger charge is 2.50. The molecule has 138 valence electrons. The molecule has 0 unspecified atom stereocenters. The van der Waals surface area contributed by atoms with Crippen molar-refractivity contribution in [3.63, 3.8) is 0 Å². The van der Waals surface area contributed by atoms with Gasteiger partial charge in [0, 0.05) is 49.1 Å². The molecule has 26 heavy (non-hydrogen) atoms. The van der Waals surface area contributed by atoms with Crippen LogP contribution in [0.15, 0.2) is 29.8 Å². The molecular formula is C18H23N5O2S. The van der Waals surface area contributed by atoms with Crippen molar-refractivity contribution in [2.75, 3.05) is 39.8 Å². The van der Waals surface area contributed by atoms with Crippen LogP contribution in [0.3, 0.4) is 0 Å². The molecular weight excluding hydrogens is 350 g/mol. The van der Waals surface area contributed by atoms with Crippen LogP contribution in [0.2, 0.25) is 0 Å². The van der Waals surface area contributed by atoms with Crippen LogP contribution >= 0.6 is 11.5 Å². The molecule has 0 aromatic carbocycles. The molecule has 1 amide bonds. The van der Waals surface area contributed by atoms with Crippen LogP contribution < -0.4 is 0 Å². The van der Waals surface area contributed by atoms with Gasteiger partial charge in [-0.15, -0.1) is 5.10 Å². The molecule has 2 fully saturated rings. The van der Waals surface area contributed by atoms with Crippen molar-refractivity contribution in [1.82, 2.24) is 24.4 Å². The van der Waals surface area contributed by atoms with E-state index in [2.05, 4.69) is 26.5 Å².